The molecule has 0 bridgehead atoms. The SMILES string of the molecule is C[C@H](NC(=O)COc1ccc(F)cc1)c1cccc(Cl)c1. The van der Waals surface area contributed by atoms with Gasteiger partial charge >= 0.3 is 0 Å². The Morgan fingerprint density at radius 1 is 1.29 bits per heavy atom. The number of rotatable bonds is 5. The molecule has 110 valence electrons. The topological polar surface area (TPSA) is 38.3 Å². The molecule has 2 aromatic carbocycles. The van der Waals surface area contributed by atoms with Crippen LogP contribution in [0, 0.1) is 5.82 Å². The van der Waals surface area contributed by atoms with Crippen LogP contribution in [-0.2, 0) is 4.79 Å². The predicted molar refractivity (Wildman–Crippen MR) is 79.9 cm³/mol. The number of hydrogen-bond donors (Lipinski definition) is 1. The molecular formula is C16H15ClFNO2. The molecular weight excluding hydrogens is 293 g/mol. The van der Waals surface area contributed by atoms with Crippen molar-refractivity contribution in [2.45, 2.75) is 13.0 Å². The van der Waals surface area contributed by atoms with Gasteiger partial charge in [0, 0.05) is 5.02 Å². The monoisotopic (exact) mass is 307 g/mol. The molecule has 3 nitrogen and oxygen atoms in total. The Hall–Kier alpha value is -2.07. The third-order valence-electron chi connectivity index (χ3n) is 2.91. The molecule has 21 heavy (non-hydrogen) atoms. The van der Waals surface area contributed by atoms with Crippen molar-refractivity contribution in [3.8, 4) is 5.75 Å². The number of hydrogen-bond acceptors (Lipinski definition) is 2. The van der Waals surface area contributed by atoms with E-state index in [1.807, 2.05) is 19.1 Å². The van der Waals surface area contributed by atoms with Crippen LogP contribution in [0.2, 0.25) is 5.02 Å². The molecule has 0 aromatic heterocycles. The van der Waals surface area contributed by atoms with Gasteiger partial charge in [-0.2, -0.15) is 0 Å². The van der Waals surface area contributed by atoms with E-state index in [1.54, 1.807) is 12.1 Å². The highest BCUT2D eigenvalue weighted by Gasteiger charge is 2.10. The van der Waals surface area contributed by atoms with Gasteiger partial charge < -0.3 is 10.1 Å². The van der Waals surface area contributed by atoms with E-state index in [9.17, 15) is 9.18 Å². The molecule has 1 amide bonds. The maximum Gasteiger partial charge on any atom is 0.258 e. The number of benzene rings is 2. The minimum atomic E-state index is -0.346. The summed E-state index contributed by atoms with van der Waals surface area (Å²) in [5.41, 5.74) is 0.914. The molecule has 0 saturated carbocycles. The summed E-state index contributed by atoms with van der Waals surface area (Å²) < 4.78 is 18.0. The van der Waals surface area contributed by atoms with Crippen molar-refractivity contribution in [2.24, 2.45) is 0 Å². The Kier molecular flexibility index (Phi) is 5.17. The van der Waals surface area contributed by atoms with Crippen LogP contribution in [0.25, 0.3) is 0 Å². The van der Waals surface area contributed by atoms with Crippen molar-refractivity contribution < 1.29 is 13.9 Å². The number of amides is 1. The standard InChI is InChI=1S/C16H15ClFNO2/c1-11(12-3-2-4-13(17)9-12)19-16(20)10-21-15-7-5-14(18)6-8-15/h2-9,11H,10H2,1H3,(H,19,20)/t11-/m0/s1. The summed E-state index contributed by atoms with van der Waals surface area (Å²) in [6.07, 6.45) is 0. The first kappa shape index (κ1) is 15.3. The Balaban J connectivity index is 1.85. The van der Waals surface area contributed by atoms with Gasteiger partial charge in [0.2, 0.25) is 0 Å². The summed E-state index contributed by atoms with van der Waals surface area (Å²) in [6, 6.07) is 12.6. The van der Waals surface area contributed by atoms with Crippen molar-refractivity contribution >= 4 is 17.5 Å². The lowest BCUT2D eigenvalue weighted by molar-refractivity contribution is -0.123. The van der Waals surface area contributed by atoms with Gasteiger partial charge in [-0.15, -0.1) is 0 Å². The van der Waals surface area contributed by atoms with Crippen LogP contribution >= 0.6 is 11.6 Å². The Morgan fingerprint density at radius 3 is 2.67 bits per heavy atom. The Labute approximate surface area is 127 Å². The van der Waals surface area contributed by atoms with Crippen molar-refractivity contribution in [3.05, 3.63) is 64.9 Å². The number of nitrogens with one attached hydrogen (secondary N) is 1. The van der Waals surface area contributed by atoms with Crippen LogP contribution in [0.15, 0.2) is 48.5 Å². The quantitative estimate of drug-likeness (QED) is 0.914. The smallest absolute Gasteiger partial charge is 0.258 e. The molecule has 0 heterocycles. The van der Waals surface area contributed by atoms with E-state index in [1.165, 1.54) is 24.3 Å². The Bertz CT molecular complexity index is 616. The third-order valence-corrected chi connectivity index (χ3v) is 3.14. The van der Waals surface area contributed by atoms with E-state index in [2.05, 4.69) is 5.32 Å². The summed E-state index contributed by atoms with van der Waals surface area (Å²) in [5, 5.41) is 3.43. The molecule has 1 atom stereocenters. The second-order valence-electron chi connectivity index (χ2n) is 4.59. The maximum absolute atomic E-state index is 12.7. The average molecular weight is 308 g/mol. The molecule has 5 heteroatoms. The fourth-order valence-electron chi connectivity index (χ4n) is 1.82. The van der Waals surface area contributed by atoms with Gasteiger partial charge in [-0.1, -0.05) is 23.7 Å². The number of carbonyl (C=O) groups is 1. The highest BCUT2D eigenvalue weighted by atomic mass is 35.5. The number of ether oxygens (including phenoxy) is 1. The molecule has 0 aliphatic rings. The lowest BCUT2D eigenvalue weighted by Crippen LogP contribution is -2.31. The van der Waals surface area contributed by atoms with E-state index < -0.39 is 0 Å². The maximum atomic E-state index is 12.7. The summed E-state index contributed by atoms with van der Waals surface area (Å²) in [6.45, 7) is 1.73. The fourth-order valence-corrected chi connectivity index (χ4v) is 2.02. The summed E-state index contributed by atoms with van der Waals surface area (Å²) in [5.74, 6) is -0.157. The van der Waals surface area contributed by atoms with Crippen LogP contribution in [0.1, 0.15) is 18.5 Å². The van der Waals surface area contributed by atoms with Crippen molar-refractivity contribution in [1.82, 2.24) is 5.32 Å². The van der Waals surface area contributed by atoms with Gasteiger partial charge in [0.05, 0.1) is 6.04 Å². The van der Waals surface area contributed by atoms with Crippen LogP contribution in [-0.4, -0.2) is 12.5 Å². The fraction of sp³-hybridized carbons (Fsp3) is 0.188. The summed E-state index contributed by atoms with van der Waals surface area (Å²) >= 11 is 5.91. The largest absolute Gasteiger partial charge is 0.484 e. The van der Waals surface area contributed by atoms with Crippen LogP contribution in [0.3, 0.4) is 0 Å². The zero-order chi connectivity index (χ0) is 15.2. The van der Waals surface area contributed by atoms with E-state index in [0.29, 0.717) is 10.8 Å². The van der Waals surface area contributed by atoms with Crippen molar-refractivity contribution in [3.63, 3.8) is 0 Å². The molecule has 2 rings (SSSR count). The van der Waals surface area contributed by atoms with Gasteiger partial charge in [0.1, 0.15) is 11.6 Å². The number of halogens is 2. The zero-order valence-electron chi connectivity index (χ0n) is 11.5. The lowest BCUT2D eigenvalue weighted by Gasteiger charge is -2.15. The van der Waals surface area contributed by atoms with Gasteiger partial charge in [-0.25, -0.2) is 4.39 Å². The second kappa shape index (κ2) is 7.09. The molecule has 0 aliphatic carbocycles. The Morgan fingerprint density at radius 2 is 2.00 bits per heavy atom. The van der Waals surface area contributed by atoms with Crippen molar-refractivity contribution in [1.29, 1.82) is 0 Å². The van der Waals surface area contributed by atoms with Gasteiger partial charge in [-0.05, 0) is 48.9 Å². The first-order valence-corrected chi connectivity index (χ1v) is 6.85. The molecule has 0 unspecified atom stereocenters. The minimum absolute atomic E-state index is 0.128. The highest BCUT2D eigenvalue weighted by molar-refractivity contribution is 6.30. The normalized spacial score (nSPS) is 11.8. The summed E-state index contributed by atoms with van der Waals surface area (Å²) in [4.78, 5) is 11.8. The summed E-state index contributed by atoms with van der Waals surface area (Å²) in [7, 11) is 0. The third kappa shape index (κ3) is 4.76. The molecule has 0 aliphatic heterocycles. The lowest BCUT2D eigenvalue weighted by atomic mass is 10.1. The number of carbonyl (C=O) groups excluding carboxylic acids is 1. The second-order valence-corrected chi connectivity index (χ2v) is 5.02. The molecule has 0 fully saturated rings. The van der Waals surface area contributed by atoms with Crippen molar-refractivity contribution in [2.75, 3.05) is 6.61 Å². The van der Waals surface area contributed by atoms with Gasteiger partial charge in [-0.3, -0.25) is 4.79 Å². The van der Waals surface area contributed by atoms with Gasteiger partial charge in [0.25, 0.3) is 5.91 Å². The molecule has 2 aromatic rings. The molecule has 0 radical (unpaired) electrons. The van der Waals surface area contributed by atoms with Crippen LogP contribution in [0.4, 0.5) is 4.39 Å². The zero-order valence-corrected chi connectivity index (χ0v) is 12.2. The minimum Gasteiger partial charge on any atom is -0.484 e. The van der Waals surface area contributed by atoms with Gasteiger partial charge in [0.15, 0.2) is 6.61 Å². The van der Waals surface area contributed by atoms with Crippen LogP contribution < -0.4 is 10.1 Å². The van der Waals surface area contributed by atoms with E-state index in [0.717, 1.165) is 5.56 Å². The van der Waals surface area contributed by atoms with Crippen LogP contribution in [0.5, 0.6) is 5.75 Å². The molecule has 1 N–H and O–H groups in total. The van der Waals surface area contributed by atoms with E-state index in [-0.39, 0.29) is 24.4 Å². The van der Waals surface area contributed by atoms with E-state index in [4.69, 9.17) is 16.3 Å². The first-order valence-electron chi connectivity index (χ1n) is 6.48. The highest BCUT2D eigenvalue weighted by Crippen LogP contribution is 2.17. The average Bonchev–Trinajstić information content (AvgIpc) is 2.46. The predicted octanol–water partition coefficient (Wildman–Crippen LogP) is 3.74. The molecule has 0 saturated heterocycles. The first-order chi connectivity index (χ1) is 10.0. The van der Waals surface area contributed by atoms with E-state index >= 15 is 0 Å². The molecule has 0 spiro atoms.